The number of nitrogens with zero attached hydrogens (tertiary/aromatic N) is 1. The first kappa shape index (κ1) is 12.5. The van der Waals surface area contributed by atoms with Crippen molar-refractivity contribution < 1.29 is 9.90 Å². The van der Waals surface area contributed by atoms with Gasteiger partial charge in [0, 0.05) is 19.3 Å². The summed E-state index contributed by atoms with van der Waals surface area (Å²) in [5.74, 6) is -0.641. The molecule has 2 aliphatic rings. The summed E-state index contributed by atoms with van der Waals surface area (Å²) in [6.45, 7) is 1.03. The first-order chi connectivity index (χ1) is 9.15. The fourth-order valence-corrected chi connectivity index (χ4v) is 3.83. The summed E-state index contributed by atoms with van der Waals surface area (Å²) in [5.41, 5.74) is 2.92. The molecule has 0 unspecified atom stereocenters. The van der Waals surface area contributed by atoms with E-state index in [9.17, 15) is 9.90 Å². The van der Waals surface area contributed by atoms with Crippen LogP contribution in [0.4, 0.5) is 5.69 Å². The Balaban J connectivity index is 2.17. The van der Waals surface area contributed by atoms with E-state index in [1.54, 1.807) is 0 Å². The number of hydrogen-bond donors (Lipinski definition) is 1. The molecular weight excluding hydrogens is 238 g/mol. The lowest BCUT2D eigenvalue weighted by Gasteiger charge is -2.35. The fraction of sp³-hybridized carbons (Fsp3) is 0.562. The predicted molar refractivity (Wildman–Crippen MR) is 75.8 cm³/mol. The molecule has 0 atom stereocenters. The highest BCUT2D eigenvalue weighted by Crippen LogP contribution is 2.46. The molecule has 3 nitrogen and oxygen atoms in total. The number of hydrogen-bond acceptors (Lipinski definition) is 2. The zero-order valence-electron chi connectivity index (χ0n) is 11.5. The second-order valence-corrected chi connectivity index (χ2v) is 5.93. The Morgan fingerprint density at radius 1 is 1.26 bits per heavy atom. The molecule has 0 radical (unpaired) electrons. The Kier molecular flexibility index (Phi) is 3.00. The van der Waals surface area contributed by atoms with Crippen molar-refractivity contribution in [3.8, 4) is 0 Å². The number of aliphatic carboxylic acids is 1. The van der Waals surface area contributed by atoms with E-state index >= 15 is 0 Å². The molecule has 0 amide bonds. The van der Waals surface area contributed by atoms with Crippen LogP contribution in [-0.2, 0) is 16.6 Å². The highest BCUT2D eigenvalue weighted by molar-refractivity contribution is 5.85. The largest absolute Gasteiger partial charge is 0.481 e. The summed E-state index contributed by atoms with van der Waals surface area (Å²) in [6.07, 6.45) is 5.86. The number of carboxylic acids is 1. The molecule has 19 heavy (non-hydrogen) atoms. The normalized spacial score (nSPS) is 21.2. The van der Waals surface area contributed by atoms with Gasteiger partial charge in [0.15, 0.2) is 0 Å². The van der Waals surface area contributed by atoms with Crippen molar-refractivity contribution in [2.45, 2.75) is 43.9 Å². The van der Waals surface area contributed by atoms with Gasteiger partial charge in [-0.3, -0.25) is 4.79 Å². The van der Waals surface area contributed by atoms with Gasteiger partial charge in [0.05, 0.1) is 5.41 Å². The summed E-state index contributed by atoms with van der Waals surface area (Å²) in [4.78, 5) is 14.1. The second-order valence-electron chi connectivity index (χ2n) is 5.93. The monoisotopic (exact) mass is 259 g/mol. The average molecular weight is 259 g/mol. The van der Waals surface area contributed by atoms with Gasteiger partial charge in [-0.2, -0.15) is 0 Å². The van der Waals surface area contributed by atoms with Crippen LogP contribution < -0.4 is 4.90 Å². The molecule has 3 heteroatoms. The number of benzene rings is 1. The molecule has 3 rings (SSSR count). The van der Waals surface area contributed by atoms with E-state index in [4.69, 9.17) is 0 Å². The van der Waals surface area contributed by atoms with E-state index in [-0.39, 0.29) is 0 Å². The van der Waals surface area contributed by atoms with Crippen LogP contribution >= 0.6 is 0 Å². The van der Waals surface area contributed by atoms with Gasteiger partial charge in [0.1, 0.15) is 0 Å². The Labute approximate surface area is 114 Å². The molecule has 102 valence electrons. The molecule has 0 spiro atoms. The zero-order valence-corrected chi connectivity index (χ0v) is 11.5. The summed E-state index contributed by atoms with van der Waals surface area (Å²) in [6, 6.07) is 6.23. The second kappa shape index (κ2) is 4.55. The van der Waals surface area contributed by atoms with Gasteiger partial charge in [-0.15, -0.1) is 0 Å². The van der Waals surface area contributed by atoms with E-state index in [1.807, 2.05) is 12.1 Å². The van der Waals surface area contributed by atoms with Crippen LogP contribution in [0.15, 0.2) is 18.2 Å². The summed E-state index contributed by atoms with van der Waals surface area (Å²) < 4.78 is 0. The predicted octanol–water partition coefficient (Wildman–Crippen LogP) is 2.97. The van der Waals surface area contributed by atoms with Crippen LogP contribution in [0.3, 0.4) is 0 Å². The van der Waals surface area contributed by atoms with Crippen LogP contribution in [-0.4, -0.2) is 24.7 Å². The minimum Gasteiger partial charge on any atom is -0.481 e. The molecule has 1 N–H and O–H groups in total. The van der Waals surface area contributed by atoms with E-state index < -0.39 is 11.4 Å². The van der Waals surface area contributed by atoms with Crippen molar-refractivity contribution in [3.63, 3.8) is 0 Å². The van der Waals surface area contributed by atoms with Crippen LogP contribution in [0.2, 0.25) is 0 Å². The molecule has 1 aliphatic carbocycles. The summed E-state index contributed by atoms with van der Waals surface area (Å²) >= 11 is 0. The van der Waals surface area contributed by atoms with Crippen molar-refractivity contribution in [3.05, 3.63) is 29.3 Å². The maximum atomic E-state index is 11.9. The number of aryl methyl sites for hydroxylation is 1. The molecule has 0 bridgehead atoms. The Hall–Kier alpha value is -1.51. The highest BCUT2D eigenvalue weighted by Gasteiger charge is 2.45. The number of carboxylic acid groups (broad SMARTS) is 1. The first-order valence-electron chi connectivity index (χ1n) is 7.22. The number of carbonyl (C=O) groups is 1. The summed E-state index contributed by atoms with van der Waals surface area (Å²) in [7, 11) is 2.09. The van der Waals surface area contributed by atoms with Gasteiger partial charge in [-0.05, 0) is 36.8 Å². The Bertz CT molecular complexity index is 503. The molecule has 1 aliphatic heterocycles. The third-order valence-electron chi connectivity index (χ3n) is 4.82. The lowest BCUT2D eigenvalue weighted by Crippen LogP contribution is -2.36. The van der Waals surface area contributed by atoms with Crippen molar-refractivity contribution in [1.29, 1.82) is 0 Å². The highest BCUT2D eigenvalue weighted by atomic mass is 16.4. The Morgan fingerprint density at radius 2 is 2.00 bits per heavy atom. The maximum absolute atomic E-state index is 11.9. The number of para-hydroxylation sites is 1. The average Bonchev–Trinajstić information content (AvgIpc) is 2.89. The van der Waals surface area contributed by atoms with Gasteiger partial charge < -0.3 is 10.0 Å². The van der Waals surface area contributed by atoms with E-state index in [1.165, 1.54) is 11.3 Å². The fourth-order valence-electron chi connectivity index (χ4n) is 3.83. The number of rotatable bonds is 2. The van der Waals surface area contributed by atoms with E-state index in [0.29, 0.717) is 0 Å². The standard InChI is InChI=1S/C16H21NO2/c1-17-11-5-7-12-6-4-8-13(14(12)17)16(15(18)19)9-2-3-10-16/h4,6,8H,2-3,5,7,9-11H2,1H3,(H,18,19). The van der Waals surface area contributed by atoms with Crippen LogP contribution in [0.1, 0.15) is 43.2 Å². The first-order valence-corrected chi connectivity index (χ1v) is 7.22. The number of fused-ring (bicyclic) bond motifs is 1. The minimum absolute atomic E-state index is 0.641. The molecule has 0 aromatic heterocycles. The smallest absolute Gasteiger partial charge is 0.314 e. The van der Waals surface area contributed by atoms with Crippen molar-refractivity contribution in [2.24, 2.45) is 0 Å². The SMILES string of the molecule is CN1CCCc2cccc(C3(C(=O)O)CCCC3)c21. The van der Waals surface area contributed by atoms with Gasteiger partial charge in [-0.1, -0.05) is 31.0 Å². The zero-order chi connectivity index (χ0) is 13.5. The van der Waals surface area contributed by atoms with Crippen molar-refractivity contribution in [1.82, 2.24) is 0 Å². The van der Waals surface area contributed by atoms with Crippen LogP contribution in [0, 0.1) is 0 Å². The van der Waals surface area contributed by atoms with Gasteiger partial charge in [0.25, 0.3) is 0 Å². The molecule has 1 fully saturated rings. The lowest BCUT2D eigenvalue weighted by atomic mass is 9.76. The third kappa shape index (κ3) is 1.83. The summed E-state index contributed by atoms with van der Waals surface area (Å²) in [5, 5.41) is 9.79. The van der Waals surface area contributed by atoms with Gasteiger partial charge in [-0.25, -0.2) is 0 Å². The molecule has 0 saturated heterocycles. The minimum atomic E-state index is -0.642. The molecule has 1 aromatic carbocycles. The molecule has 1 aromatic rings. The van der Waals surface area contributed by atoms with E-state index in [2.05, 4.69) is 18.0 Å². The van der Waals surface area contributed by atoms with Crippen molar-refractivity contribution >= 4 is 11.7 Å². The molecule has 1 saturated carbocycles. The third-order valence-corrected chi connectivity index (χ3v) is 4.82. The van der Waals surface area contributed by atoms with Crippen molar-refractivity contribution in [2.75, 3.05) is 18.5 Å². The van der Waals surface area contributed by atoms with Crippen LogP contribution in [0.5, 0.6) is 0 Å². The lowest BCUT2D eigenvalue weighted by molar-refractivity contribution is -0.143. The molecular formula is C16H21NO2. The van der Waals surface area contributed by atoms with Gasteiger partial charge in [0.2, 0.25) is 0 Å². The quantitative estimate of drug-likeness (QED) is 0.887. The maximum Gasteiger partial charge on any atom is 0.314 e. The topological polar surface area (TPSA) is 40.5 Å². The van der Waals surface area contributed by atoms with Crippen LogP contribution in [0.25, 0.3) is 0 Å². The number of anilines is 1. The Morgan fingerprint density at radius 3 is 2.68 bits per heavy atom. The van der Waals surface area contributed by atoms with Gasteiger partial charge >= 0.3 is 5.97 Å². The molecule has 1 heterocycles. The van der Waals surface area contributed by atoms with E-state index in [0.717, 1.165) is 50.6 Å².